The van der Waals surface area contributed by atoms with Gasteiger partial charge in [0.1, 0.15) is 5.75 Å². The molecule has 3 aromatic carbocycles. The zero-order valence-electron chi connectivity index (χ0n) is 16.9. The summed E-state index contributed by atoms with van der Waals surface area (Å²) in [7, 11) is 1.48. The first-order valence-corrected chi connectivity index (χ1v) is 9.62. The summed E-state index contributed by atoms with van der Waals surface area (Å²) in [5.41, 5.74) is 2.84. The van der Waals surface area contributed by atoms with E-state index in [1.807, 2.05) is 24.3 Å². The summed E-state index contributed by atoms with van der Waals surface area (Å²) in [6.45, 7) is 0. The van der Waals surface area contributed by atoms with Gasteiger partial charge in [0, 0.05) is 11.9 Å². The summed E-state index contributed by atoms with van der Waals surface area (Å²) >= 11 is 0. The van der Waals surface area contributed by atoms with E-state index >= 15 is 0 Å². The van der Waals surface area contributed by atoms with Crippen molar-refractivity contribution in [3.05, 3.63) is 95.8 Å². The number of ether oxygens (including phenoxy) is 1. The van der Waals surface area contributed by atoms with E-state index < -0.39 is 17.6 Å². The van der Waals surface area contributed by atoms with Gasteiger partial charge in [-0.15, -0.1) is 0 Å². The van der Waals surface area contributed by atoms with E-state index in [9.17, 15) is 18.0 Å². The van der Waals surface area contributed by atoms with Crippen LogP contribution in [-0.4, -0.2) is 23.8 Å². The Morgan fingerprint density at radius 2 is 1.75 bits per heavy atom. The fourth-order valence-electron chi connectivity index (χ4n) is 3.35. The molecule has 1 amide bonds. The lowest BCUT2D eigenvalue weighted by Crippen LogP contribution is -2.18. The smallest absolute Gasteiger partial charge is 0.416 e. The van der Waals surface area contributed by atoms with Crippen LogP contribution in [0.5, 0.6) is 5.75 Å². The monoisotopic (exact) mass is 437 g/mol. The van der Waals surface area contributed by atoms with Crippen LogP contribution in [0.3, 0.4) is 0 Å². The predicted octanol–water partition coefficient (Wildman–Crippen LogP) is 5.42. The number of hydrogen-bond donors (Lipinski definition) is 1. The Morgan fingerprint density at radius 1 is 1.00 bits per heavy atom. The van der Waals surface area contributed by atoms with Gasteiger partial charge in [0.25, 0.3) is 5.91 Å². The summed E-state index contributed by atoms with van der Waals surface area (Å²) in [5.74, 6) is -0.0650. The van der Waals surface area contributed by atoms with Crippen LogP contribution in [0.25, 0.3) is 16.5 Å². The van der Waals surface area contributed by atoms with Crippen molar-refractivity contribution in [2.24, 2.45) is 5.10 Å². The quantitative estimate of drug-likeness (QED) is 0.335. The second-order valence-corrected chi connectivity index (χ2v) is 6.95. The summed E-state index contributed by atoms with van der Waals surface area (Å²) in [4.78, 5) is 12.7. The maximum atomic E-state index is 13.0. The second-order valence-electron chi connectivity index (χ2n) is 6.95. The van der Waals surface area contributed by atoms with Gasteiger partial charge in [0.2, 0.25) is 0 Å². The number of rotatable bonds is 5. The van der Waals surface area contributed by atoms with Gasteiger partial charge in [0.05, 0.1) is 30.1 Å². The highest BCUT2D eigenvalue weighted by molar-refractivity contribution is 6.01. The summed E-state index contributed by atoms with van der Waals surface area (Å²) in [6, 6.07) is 19.4. The second kappa shape index (κ2) is 8.58. The van der Waals surface area contributed by atoms with Crippen LogP contribution >= 0.6 is 0 Å². The molecular formula is C24H18F3N3O2. The van der Waals surface area contributed by atoms with Crippen LogP contribution in [-0.2, 0) is 6.18 Å². The molecule has 0 fully saturated rings. The van der Waals surface area contributed by atoms with Gasteiger partial charge in [-0.2, -0.15) is 18.3 Å². The average Bonchev–Trinajstić information content (AvgIpc) is 3.26. The van der Waals surface area contributed by atoms with Gasteiger partial charge < -0.3 is 9.30 Å². The van der Waals surface area contributed by atoms with Crippen LogP contribution in [0.4, 0.5) is 13.2 Å². The van der Waals surface area contributed by atoms with E-state index in [-0.39, 0.29) is 0 Å². The average molecular weight is 437 g/mol. The number of alkyl halides is 3. The van der Waals surface area contributed by atoms with Crippen LogP contribution < -0.4 is 10.2 Å². The minimum atomic E-state index is -4.44. The number of nitrogens with zero attached hydrogens (tertiary/aromatic N) is 2. The van der Waals surface area contributed by atoms with Gasteiger partial charge >= 0.3 is 6.18 Å². The lowest BCUT2D eigenvalue weighted by atomic mass is 10.1. The predicted molar refractivity (Wildman–Crippen MR) is 116 cm³/mol. The number of aromatic nitrogens is 1. The molecule has 1 heterocycles. The van der Waals surface area contributed by atoms with Gasteiger partial charge in [-0.3, -0.25) is 4.79 Å². The standard InChI is InChI=1S/C24H18F3N3O2/c1-32-22-13-17-7-3-2-6-16(17)12-21(22)23(31)29-28-15-20-10-5-11-30(20)19-9-4-8-18(14-19)24(25,26)27/h2-15H,1H3,(H,29,31). The highest BCUT2D eigenvalue weighted by Gasteiger charge is 2.30. The van der Waals surface area contributed by atoms with E-state index in [1.165, 1.54) is 19.4 Å². The van der Waals surface area contributed by atoms with Gasteiger partial charge in [0.15, 0.2) is 0 Å². The maximum absolute atomic E-state index is 13.0. The Morgan fingerprint density at radius 3 is 2.47 bits per heavy atom. The molecule has 0 aliphatic carbocycles. The molecule has 0 atom stereocenters. The van der Waals surface area contributed by atoms with E-state index in [1.54, 1.807) is 41.1 Å². The highest BCUT2D eigenvalue weighted by atomic mass is 19.4. The van der Waals surface area contributed by atoms with Crippen LogP contribution in [0.15, 0.2) is 84.1 Å². The van der Waals surface area contributed by atoms with Crippen molar-refractivity contribution < 1.29 is 22.7 Å². The van der Waals surface area contributed by atoms with Crippen molar-refractivity contribution in [1.82, 2.24) is 9.99 Å². The Bertz CT molecular complexity index is 1310. The van der Waals surface area contributed by atoms with Crippen molar-refractivity contribution in [2.75, 3.05) is 7.11 Å². The third-order valence-corrected chi connectivity index (χ3v) is 4.91. The lowest BCUT2D eigenvalue weighted by Gasteiger charge is -2.11. The summed E-state index contributed by atoms with van der Waals surface area (Å²) in [5, 5.41) is 5.79. The Hall–Kier alpha value is -4.07. The molecule has 0 radical (unpaired) electrons. The number of methoxy groups -OCH3 is 1. The molecule has 0 aliphatic heterocycles. The Kier molecular flexibility index (Phi) is 5.68. The normalized spacial score (nSPS) is 11.8. The minimum Gasteiger partial charge on any atom is -0.496 e. The highest BCUT2D eigenvalue weighted by Crippen LogP contribution is 2.30. The molecule has 1 N–H and O–H groups in total. The minimum absolute atomic E-state index is 0.316. The molecule has 4 rings (SSSR count). The number of benzene rings is 3. The van der Waals surface area contributed by atoms with E-state index in [4.69, 9.17) is 4.74 Å². The van der Waals surface area contributed by atoms with Crippen LogP contribution in [0.2, 0.25) is 0 Å². The van der Waals surface area contributed by atoms with E-state index in [0.29, 0.717) is 22.7 Å². The Balaban J connectivity index is 1.56. The summed E-state index contributed by atoms with van der Waals surface area (Å²) < 4.78 is 46.0. The molecule has 1 aromatic heterocycles. The van der Waals surface area contributed by atoms with Crippen molar-refractivity contribution in [3.8, 4) is 11.4 Å². The first-order chi connectivity index (χ1) is 15.4. The fourth-order valence-corrected chi connectivity index (χ4v) is 3.35. The topological polar surface area (TPSA) is 55.6 Å². The van der Waals surface area contributed by atoms with E-state index in [0.717, 1.165) is 22.9 Å². The summed E-state index contributed by atoms with van der Waals surface area (Å²) in [6.07, 6.45) is -1.46. The number of fused-ring (bicyclic) bond motifs is 1. The van der Waals surface area contributed by atoms with Crippen molar-refractivity contribution in [2.45, 2.75) is 6.18 Å². The number of hydrazone groups is 1. The number of halogens is 3. The van der Waals surface area contributed by atoms with Crippen molar-refractivity contribution in [3.63, 3.8) is 0 Å². The SMILES string of the molecule is COc1cc2ccccc2cc1C(=O)NN=Cc1cccn1-c1cccc(C(F)(F)F)c1. The maximum Gasteiger partial charge on any atom is 0.416 e. The third kappa shape index (κ3) is 4.34. The van der Waals surface area contributed by atoms with Gasteiger partial charge in [-0.25, -0.2) is 5.43 Å². The molecule has 4 aromatic rings. The van der Waals surface area contributed by atoms with E-state index in [2.05, 4.69) is 10.5 Å². The zero-order valence-corrected chi connectivity index (χ0v) is 16.9. The van der Waals surface area contributed by atoms with Crippen molar-refractivity contribution in [1.29, 1.82) is 0 Å². The molecule has 0 saturated carbocycles. The molecule has 0 spiro atoms. The number of carbonyl (C=O) groups excluding carboxylic acids is 1. The molecule has 0 bridgehead atoms. The number of hydrogen-bond acceptors (Lipinski definition) is 3. The number of amides is 1. The molecule has 5 nitrogen and oxygen atoms in total. The lowest BCUT2D eigenvalue weighted by molar-refractivity contribution is -0.137. The molecule has 0 saturated heterocycles. The molecule has 8 heteroatoms. The fraction of sp³-hybridized carbons (Fsp3) is 0.0833. The molecule has 0 aliphatic rings. The van der Waals surface area contributed by atoms with Crippen LogP contribution in [0, 0.1) is 0 Å². The van der Waals surface area contributed by atoms with Gasteiger partial charge in [-0.05, 0) is 53.2 Å². The molecular weight excluding hydrogens is 419 g/mol. The largest absolute Gasteiger partial charge is 0.496 e. The van der Waals surface area contributed by atoms with Crippen molar-refractivity contribution >= 4 is 22.9 Å². The third-order valence-electron chi connectivity index (χ3n) is 4.91. The molecule has 0 unspecified atom stereocenters. The Labute approximate surface area is 181 Å². The number of nitrogens with one attached hydrogen (secondary N) is 1. The number of carbonyl (C=O) groups is 1. The molecule has 162 valence electrons. The zero-order chi connectivity index (χ0) is 22.7. The van der Waals surface area contributed by atoms with Crippen LogP contribution in [0.1, 0.15) is 21.6 Å². The first kappa shape index (κ1) is 21.2. The van der Waals surface area contributed by atoms with Gasteiger partial charge in [-0.1, -0.05) is 30.3 Å². The molecule has 32 heavy (non-hydrogen) atoms. The first-order valence-electron chi connectivity index (χ1n) is 9.62.